The summed E-state index contributed by atoms with van der Waals surface area (Å²) in [5.41, 5.74) is 9.84. The van der Waals surface area contributed by atoms with E-state index in [1.54, 1.807) is 0 Å². The number of fused-ring (bicyclic) bond motifs is 8. The second kappa shape index (κ2) is 11.6. The fourth-order valence-electron chi connectivity index (χ4n) is 7.81. The summed E-state index contributed by atoms with van der Waals surface area (Å²) >= 11 is 0. The Labute approximate surface area is 291 Å². The van der Waals surface area contributed by atoms with Crippen molar-refractivity contribution in [1.82, 2.24) is 0 Å². The van der Waals surface area contributed by atoms with E-state index in [1.807, 2.05) is 0 Å². The van der Waals surface area contributed by atoms with Gasteiger partial charge >= 0.3 is 0 Å². The van der Waals surface area contributed by atoms with Crippen LogP contribution in [0.5, 0.6) is 0 Å². The van der Waals surface area contributed by atoms with E-state index in [0.717, 1.165) is 0 Å². The van der Waals surface area contributed by atoms with Crippen LogP contribution in [0.25, 0.3) is 98.4 Å². The molecule has 0 atom stereocenters. The summed E-state index contributed by atoms with van der Waals surface area (Å²) in [7, 11) is 0. The number of hydrogen-bond donors (Lipinski definition) is 0. The first-order valence-corrected chi connectivity index (χ1v) is 17.3. The van der Waals surface area contributed by atoms with Crippen molar-refractivity contribution in [3.63, 3.8) is 0 Å². The minimum absolute atomic E-state index is 1.23. The molecular formula is C50H32. The summed E-state index contributed by atoms with van der Waals surface area (Å²) in [5.74, 6) is 0. The lowest BCUT2D eigenvalue weighted by molar-refractivity contribution is 1.61. The fraction of sp³-hybridized carbons (Fsp3) is 0. The maximum atomic E-state index is 2.39. The van der Waals surface area contributed by atoms with E-state index < -0.39 is 0 Å². The zero-order valence-electron chi connectivity index (χ0n) is 27.5. The van der Waals surface area contributed by atoms with Crippen molar-refractivity contribution >= 4 is 53.9 Å². The minimum atomic E-state index is 1.23. The molecule has 10 aromatic carbocycles. The quantitative estimate of drug-likeness (QED) is 0.169. The van der Waals surface area contributed by atoms with Gasteiger partial charge in [-0.25, -0.2) is 0 Å². The van der Waals surface area contributed by atoms with E-state index in [4.69, 9.17) is 0 Å². The van der Waals surface area contributed by atoms with Gasteiger partial charge in [0.2, 0.25) is 0 Å². The standard InChI is InChI=1S/C50H32/c1-3-11-35-27-41(21-19-33(35)9-1)37-13-7-15-39(29-37)43-23-25-47-48-26-24-44(32-50(48)46-18-6-5-17-45(46)49(47)31-43)40-16-8-14-38(30-40)42-22-20-34-10-2-4-12-36(34)28-42/h1-32H. The van der Waals surface area contributed by atoms with Crippen LogP contribution in [0.4, 0.5) is 0 Å². The number of benzene rings is 10. The Kier molecular flexibility index (Phi) is 6.60. The largest absolute Gasteiger partial charge is 0.0616 e. The van der Waals surface area contributed by atoms with Crippen molar-refractivity contribution in [2.24, 2.45) is 0 Å². The summed E-state index contributed by atoms with van der Waals surface area (Å²) in [5, 5.41) is 12.8. The third kappa shape index (κ3) is 4.85. The Morgan fingerprint density at radius 2 is 0.480 bits per heavy atom. The van der Waals surface area contributed by atoms with E-state index in [2.05, 4.69) is 194 Å². The molecule has 0 aliphatic heterocycles. The molecule has 0 heteroatoms. The third-order valence-electron chi connectivity index (χ3n) is 10.4. The lowest BCUT2D eigenvalue weighted by Crippen LogP contribution is -1.87. The number of rotatable bonds is 4. The molecule has 0 saturated carbocycles. The summed E-state index contributed by atoms with van der Waals surface area (Å²) in [6.45, 7) is 0. The van der Waals surface area contributed by atoms with Crippen molar-refractivity contribution in [3.05, 3.63) is 194 Å². The molecule has 0 saturated heterocycles. The zero-order chi connectivity index (χ0) is 33.0. The SMILES string of the molecule is c1cc(-c2ccc3ccccc3c2)cc(-c2ccc3c4ccc(-c5cccc(-c6ccc7ccccc7c6)c5)cc4c4ccccc4c3c2)c1. The predicted octanol–water partition coefficient (Wildman–Crippen LogP) is 14.1. The first kappa shape index (κ1) is 28.5. The molecule has 232 valence electrons. The van der Waals surface area contributed by atoms with E-state index in [9.17, 15) is 0 Å². The van der Waals surface area contributed by atoms with Gasteiger partial charge < -0.3 is 0 Å². The molecule has 0 fully saturated rings. The molecule has 0 nitrogen and oxygen atoms in total. The minimum Gasteiger partial charge on any atom is -0.0616 e. The van der Waals surface area contributed by atoms with Crippen LogP contribution in [-0.4, -0.2) is 0 Å². The average Bonchev–Trinajstić information content (AvgIpc) is 3.20. The molecule has 10 aromatic rings. The van der Waals surface area contributed by atoms with Crippen molar-refractivity contribution in [2.75, 3.05) is 0 Å². The molecule has 0 aliphatic carbocycles. The molecule has 0 amide bonds. The van der Waals surface area contributed by atoms with E-state index in [1.165, 1.54) is 98.4 Å². The number of hydrogen-bond acceptors (Lipinski definition) is 0. The van der Waals surface area contributed by atoms with Crippen LogP contribution in [0, 0.1) is 0 Å². The molecule has 0 aliphatic rings. The van der Waals surface area contributed by atoms with Crippen molar-refractivity contribution < 1.29 is 0 Å². The molecule has 0 bridgehead atoms. The van der Waals surface area contributed by atoms with Crippen LogP contribution in [0.15, 0.2) is 194 Å². The highest BCUT2D eigenvalue weighted by Crippen LogP contribution is 2.40. The molecule has 0 N–H and O–H groups in total. The Morgan fingerprint density at radius 3 is 0.920 bits per heavy atom. The first-order chi connectivity index (χ1) is 24.7. The Hall–Kier alpha value is -6.50. The van der Waals surface area contributed by atoms with Gasteiger partial charge in [0.1, 0.15) is 0 Å². The highest BCUT2D eigenvalue weighted by Gasteiger charge is 2.12. The predicted molar refractivity (Wildman–Crippen MR) is 216 cm³/mol. The molecule has 0 spiro atoms. The van der Waals surface area contributed by atoms with Crippen molar-refractivity contribution in [1.29, 1.82) is 0 Å². The van der Waals surface area contributed by atoms with Gasteiger partial charge in [0, 0.05) is 0 Å². The first-order valence-electron chi connectivity index (χ1n) is 17.3. The van der Waals surface area contributed by atoms with Gasteiger partial charge in [-0.15, -0.1) is 0 Å². The summed E-state index contributed by atoms with van der Waals surface area (Å²) in [6.07, 6.45) is 0. The second-order valence-electron chi connectivity index (χ2n) is 13.4. The second-order valence-corrected chi connectivity index (χ2v) is 13.4. The topological polar surface area (TPSA) is 0 Å². The molecule has 0 unspecified atom stereocenters. The molecule has 0 aromatic heterocycles. The van der Waals surface area contributed by atoms with E-state index in [-0.39, 0.29) is 0 Å². The maximum Gasteiger partial charge on any atom is -0.00928 e. The fourth-order valence-corrected chi connectivity index (χ4v) is 7.81. The zero-order valence-corrected chi connectivity index (χ0v) is 27.5. The monoisotopic (exact) mass is 632 g/mol. The van der Waals surface area contributed by atoms with Gasteiger partial charge in [0.05, 0.1) is 0 Å². The van der Waals surface area contributed by atoms with Crippen LogP contribution in [0.1, 0.15) is 0 Å². The van der Waals surface area contributed by atoms with Crippen LogP contribution < -0.4 is 0 Å². The normalized spacial score (nSPS) is 11.6. The van der Waals surface area contributed by atoms with Crippen LogP contribution in [0.2, 0.25) is 0 Å². The van der Waals surface area contributed by atoms with Crippen LogP contribution in [0.3, 0.4) is 0 Å². The van der Waals surface area contributed by atoms with Gasteiger partial charge in [0.25, 0.3) is 0 Å². The van der Waals surface area contributed by atoms with Gasteiger partial charge in [-0.3, -0.25) is 0 Å². The van der Waals surface area contributed by atoms with Crippen LogP contribution in [-0.2, 0) is 0 Å². The highest BCUT2D eigenvalue weighted by molar-refractivity contribution is 6.26. The summed E-state index contributed by atoms with van der Waals surface area (Å²) in [4.78, 5) is 0. The Balaban J connectivity index is 1.07. The van der Waals surface area contributed by atoms with Gasteiger partial charge in [0.15, 0.2) is 0 Å². The van der Waals surface area contributed by atoms with E-state index >= 15 is 0 Å². The maximum absolute atomic E-state index is 2.39. The molecular weight excluding hydrogens is 601 g/mol. The summed E-state index contributed by atoms with van der Waals surface area (Å²) < 4.78 is 0. The van der Waals surface area contributed by atoms with Crippen molar-refractivity contribution in [3.8, 4) is 44.5 Å². The third-order valence-corrected chi connectivity index (χ3v) is 10.4. The molecule has 0 radical (unpaired) electrons. The van der Waals surface area contributed by atoms with Gasteiger partial charge in [-0.05, 0) is 135 Å². The molecule has 50 heavy (non-hydrogen) atoms. The lowest BCUT2D eigenvalue weighted by Gasteiger charge is -2.14. The molecule has 10 rings (SSSR count). The van der Waals surface area contributed by atoms with Crippen LogP contribution >= 0.6 is 0 Å². The highest BCUT2D eigenvalue weighted by atomic mass is 14.2. The van der Waals surface area contributed by atoms with Gasteiger partial charge in [-0.2, -0.15) is 0 Å². The summed E-state index contributed by atoms with van der Waals surface area (Å²) in [6, 6.07) is 71.4. The van der Waals surface area contributed by atoms with Gasteiger partial charge in [-0.1, -0.05) is 158 Å². The average molecular weight is 633 g/mol. The molecule has 0 heterocycles. The lowest BCUT2D eigenvalue weighted by atomic mass is 9.89. The Bertz CT molecular complexity index is 2710. The smallest absolute Gasteiger partial charge is 0.00928 e. The van der Waals surface area contributed by atoms with E-state index in [0.29, 0.717) is 0 Å². The van der Waals surface area contributed by atoms with Crippen molar-refractivity contribution in [2.45, 2.75) is 0 Å². The Morgan fingerprint density at radius 1 is 0.160 bits per heavy atom.